The number of amides is 2. The van der Waals surface area contributed by atoms with E-state index in [1.165, 1.54) is 0 Å². The Morgan fingerprint density at radius 2 is 1.69 bits per heavy atom. The maximum absolute atomic E-state index is 12.7. The fraction of sp³-hybridized carbons (Fsp3) is 0.250. The Morgan fingerprint density at radius 1 is 0.972 bits per heavy atom. The van der Waals surface area contributed by atoms with Crippen LogP contribution in [-0.4, -0.2) is 42.3 Å². The van der Waals surface area contributed by atoms with Crippen LogP contribution in [0.3, 0.4) is 0 Å². The fourth-order valence-electron chi connectivity index (χ4n) is 4.61. The molecule has 2 amide bonds. The number of carbonyl (C=O) groups is 2. The molecule has 8 heteroatoms. The number of ether oxygens (including phenoxy) is 2. The molecule has 4 aromatic rings. The summed E-state index contributed by atoms with van der Waals surface area (Å²) in [4.78, 5) is 25.4. The number of rotatable bonds is 8. The first-order chi connectivity index (χ1) is 17.5. The lowest BCUT2D eigenvalue weighted by Crippen LogP contribution is -2.43. The lowest BCUT2D eigenvalue weighted by molar-refractivity contribution is -0.115. The number of nitrogens with zero attached hydrogens (tertiary/aromatic N) is 1. The molecule has 36 heavy (non-hydrogen) atoms. The predicted molar refractivity (Wildman–Crippen MR) is 138 cm³/mol. The standard InChI is InChI=1S/C28H28N4O4/c1-35-22-12-20(13-23(15-22)36-2)28(34)29-21-10-19(11-21)25-16-26(32-31-25)30-27(33)14-18-8-5-7-17-6-3-4-9-24(17)18/h3-9,12-13,15-16,19,21H,10-11,14H2,1-2H3,(H,29,34)(H2,30,31,32,33)/t19-,21+. The van der Waals surface area contributed by atoms with Gasteiger partial charge in [-0.25, -0.2) is 0 Å². The molecule has 5 rings (SSSR count). The fourth-order valence-corrected chi connectivity index (χ4v) is 4.61. The van der Waals surface area contributed by atoms with E-state index in [9.17, 15) is 9.59 Å². The molecule has 0 radical (unpaired) electrons. The highest BCUT2D eigenvalue weighted by molar-refractivity contribution is 5.96. The molecule has 1 heterocycles. The van der Waals surface area contributed by atoms with Crippen LogP contribution in [0.1, 0.15) is 40.4 Å². The van der Waals surface area contributed by atoms with Gasteiger partial charge in [0.1, 0.15) is 11.5 Å². The van der Waals surface area contributed by atoms with E-state index >= 15 is 0 Å². The van der Waals surface area contributed by atoms with Gasteiger partial charge >= 0.3 is 0 Å². The van der Waals surface area contributed by atoms with Gasteiger partial charge in [0, 0.05) is 35.3 Å². The van der Waals surface area contributed by atoms with Crippen LogP contribution < -0.4 is 20.1 Å². The number of benzene rings is 3. The zero-order valence-corrected chi connectivity index (χ0v) is 20.2. The van der Waals surface area contributed by atoms with Gasteiger partial charge in [-0.2, -0.15) is 5.10 Å². The predicted octanol–water partition coefficient (Wildman–Crippen LogP) is 4.44. The van der Waals surface area contributed by atoms with Crippen molar-refractivity contribution in [1.29, 1.82) is 0 Å². The number of aromatic nitrogens is 2. The highest BCUT2D eigenvalue weighted by Crippen LogP contribution is 2.37. The Labute approximate surface area is 209 Å². The Kier molecular flexibility index (Phi) is 6.58. The van der Waals surface area contributed by atoms with Crippen LogP contribution in [0, 0.1) is 0 Å². The summed E-state index contributed by atoms with van der Waals surface area (Å²) in [7, 11) is 3.11. The number of nitrogens with one attached hydrogen (secondary N) is 3. The zero-order chi connectivity index (χ0) is 25.1. The van der Waals surface area contributed by atoms with Crippen LogP contribution in [0.15, 0.2) is 66.7 Å². The van der Waals surface area contributed by atoms with E-state index < -0.39 is 0 Å². The third-order valence-electron chi connectivity index (χ3n) is 6.62. The first-order valence-electron chi connectivity index (χ1n) is 11.9. The summed E-state index contributed by atoms with van der Waals surface area (Å²) in [5.41, 5.74) is 2.42. The molecule has 1 aromatic heterocycles. The number of hydrogen-bond acceptors (Lipinski definition) is 5. The highest BCUT2D eigenvalue weighted by Gasteiger charge is 2.33. The molecule has 8 nitrogen and oxygen atoms in total. The molecule has 0 bridgehead atoms. The lowest BCUT2D eigenvalue weighted by atomic mass is 9.78. The van der Waals surface area contributed by atoms with Gasteiger partial charge in [0.15, 0.2) is 5.82 Å². The zero-order valence-electron chi connectivity index (χ0n) is 20.2. The van der Waals surface area contributed by atoms with Gasteiger partial charge in [-0.15, -0.1) is 0 Å². The lowest BCUT2D eigenvalue weighted by Gasteiger charge is -2.35. The second-order valence-corrected chi connectivity index (χ2v) is 9.01. The van der Waals surface area contributed by atoms with Gasteiger partial charge < -0.3 is 20.1 Å². The number of fused-ring (bicyclic) bond motifs is 1. The summed E-state index contributed by atoms with van der Waals surface area (Å²) < 4.78 is 10.5. The van der Waals surface area contributed by atoms with Crippen LogP contribution in [0.5, 0.6) is 11.5 Å². The number of carbonyl (C=O) groups excluding carboxylic acids is 2. The number of anilines is 1. The summed E-state index contributed by atoms with van der Waals surface area (Å²) in [5.74, 6) is 1.60. The van der Waals surface area contributed by atoms with Crippen molar-refractivity contribution in [3.8, 4) is 11.5 Å². The average molecular weight is 485 g/mol. The van der Waals surface area contributed by atoms with Gasteiger partial charge in [-0.3, -0.25) is 14.7 Å². The third-order valence-corrected chi connectivity index (χ3v) is 6.62. The van der Waals surface area contributed by atoms with E-state index in [4.69, 9.17) is 9.47 Å². The van der Waals surface area contributed by atoms with Crippen LogP contribution in [-0.2, 0) is 11.2 Å². The molecular formula is C28H28N4O4. The Hall–Kier alpha value is -4.33. The first kappa shape index (κ1) is 23.4. The number of aromatic amines is 1. The van der Waals surface area contributed by atoms with E-state index in [0.717, 1.165) is 34.9 Å². The Morgan fingerprint density at radius 3 is 2.44 bits per heavy atom. The first-order valence-corrected chi connectivity index (χ1v) is 11.9. The van der Waals surface area contributed by atoms with E-state index in [-0.39, 0.29) is 30.2 Å². The third kappa shape index (κ3) is 5.02. The molecular weight excluding hydrogens is 456 g/mol. The molecule has 3 aromatic carbocycles. The van der Waals surface area contributed by atoms with Crippen molar-refractivity contribution in [3.63, 3.8) is 0 Å². The summed E-state index contributed by atoms with van der Waals surface area (Å²) >= 11 is 0. The van der Waals surface area contributed by atoms with Crippen LogP contribution in [0.2, 0.25) is 0 Å². The number of methoxy groups -OCH3 is 2. The van der Waals surface area contributed by atoms with Crippen molar-refractivity contribution in [2.24, 2.45) is 0 Å². The van der Waals surface area contributed by atoms with Crippen molar-refractivity contribution < 1.29 is 19.1 Å². The van der Waals surface area contributed by atoms with Gasteiger partial charge in [0.25, 0.3) is 5.91 Å². The topological polar surface area (TPSA) is 105 Å². The van der Waals surface area contributed by atoms with Crippen molar-refractivity contribution >= 4 is 28.4 Å². The largest absolute Gasteiger partial charge is 0.497 e. The molecule has 1 aliphatic carbocycles. The number of hydrogen-bond donors (Lipinski definition) is 3. The van der Waals surface area contributed by atoms with Gasteiger partial charge in [-0.1, -0.05) is 42.5 Å². The normalized spacial score (nSPS) is 16.7. The minimum absolute atomic E-state index is 0.0624. The van der Waals surface area contributed by atoms with Crippen LogP contribution in [0.4, 0.5) is 5.82 Å². The smallest absolute Gasteiger partial charge is 0.251 e. The molecule has 3 N–H and O–H groups in total. The second kappa shape index (κ2) is 10.1. The van der Waals surface area contributed by atoms with Crippen LogP contribution >= 0.6 is 0 Å². The molecule has 0 atom stereocenters. The highest BCUT2D eigenvalue weighted by atomic mass is 16.5. The summed E-state index contributed by atoms with van der Waals surface area (Å²) in [6.07, 6.45) is 1.85. The number of H-pyrrole nitrogens is 1. The molecule has 0 saturated heterocycles. The molecule has 0 unspecified atom stereocenters. The van der Waals surface area contributed by atoms with Crippen molar-refractivity contribution in [1.82, 2.24) is 15.5 Å². The quantitative estimate of drug-likeness (QED) is 0.343. The maximum Gasteiger partial charge on any atom is 0.251 e. The Balaban J connectivity index is 1.14. The monoisotopic (exact) mass is 484 g/mol. The van der Waals surface area contributed by atoms with Crippen molar-refractivity contribution in [2.45, 2.75) is 31.2 Å². The van der Waals surface area contributed by atoms with Crippen molar-refractivity contribution in [3.05, 3.63) is 83.6 Å². The maximum atomic E-state index is 12.7. The molecule has 184 valence electrons. The Bertz CT molecular complexity index is 1380. The molecule has 0 spiro atoms. The van der Waals surface area contributed by atoms with E-state index in [1.807, 2.05) is 48.5 Å². The summed E-state index contributed by atoms with van der Waals surface area (Å²) in [6, 6.07) is 21.1. The van der Waals surface area contributed by atoms with E-state index in [1.54, 1.807) is 32.4 Å². The van der Waals surface area contributed by atoms with Gasteiger partial charge in [-0.05, 0) is 41.3 Å². The summed E-state index contributed by atoms with van der Waals surface area (Å²) in [5, 5.41) is 15.4. The van der Waals surface area contributed by atoms with Gasteiger partial charge in [0.05, 0.1) is 20.6 Å². The van der Waals surface area contributed by atoms with Crippen molar-refractivity contribution in [2.75, 3.05) is 19.5 Å². The molecule has 1 fully saturated rings. The minimum Gasteiger partial charge on any atom is -0.497 e. The van der Waals surface area contributed by atoms with E-state index in [0.29, 0.717) is 22.9 Å². The van der Waals surface area contributed by atoms with Crippen LogP contribution in [0.25, 0.3) is 10.8 Å². The van der Waals surface area contributed by atoms with Gasteiger partial charge in [0.2, 0.25) is 5.91 Å². The second-order valence-electron chi connectivity index (χ2n) is 9.01. The van der Waals surface area contributed by atoms with E-state index in [2.05, 4.69) is 20.8 Å². The summed E-state index contributed by atoms with van der Waals surface area (Å²) in [6.45, 7) is 0. The molecule has 0 aliphatic heterocycles. The minimum atomic E-state index is -0.165. The molecule has 1 saturated carbocycles. The average Bonchev–Trinajstić information content (AvgIpc) is 3.33. The SMILES string of the molecule is COc1cc(OC)cc(C(=O)N[C@H]2C[C@@H](c3cc(NC(=O)Cc4cccc5ccccc45)n[nH]3)C2)c1. The molecule has 1 aliphatic rings.